The van der Waals surface area contributed by atoms with Crippen molar-refractivity contribution in [3.05, 3.63) is 29.8 Å². The van der Waals surface area contributed by atoms with Gasteiger partial charge in [-0.2, -0.15) is 0 Å². The van der Waals surface area contributed by atoms with Crippen molar-refractivity contribution >= 4 is 5.91 Å². The number of amides is 1. The van der Waals surface area contributed by atoms with E-state index >= 15 is 0 Å². The summed E-state index contributed by atoms with van der Waals surface area (Å²) in [6, 6.07) is 7.90. The molecule has 1 aromatic carbocycles. The molecule has 4 nitrogen and oxygen atoms in total. The van der Waals surface area contributed by atoms with Gasteiger partial charge in [-0.1, -0.05) is 19.1 Å². The summed E-state index contributed by atoms with van der Waals surface area (Å²) in [7, 11) is 1.65. The minimum Gasteiger partial charge on any atom is -0.497 e. The number of ether oxygens (including phenoxy) is 1. The lowest BCUT2D eigenvalue weighted by atomic mass is 9.91. The van der Waals surface area contributed by atoms with E-state index < -0.39 is 5.54 Å². The van der Waals surface area contributed by atoms with Crippen LogP contribution in [0.3, 0.4) is 0 Å². The van der Waals surface area contributed by atoms with E-state index in [1.165, 1.54) is 0 Å². The Hall–Kier alpha value is -1.55. The molecule has 2 unspecified atom stereocenters. The summed E-state index contributed by atoms with van der Waals surface area (Å²) < 4.78 is 5.17. The molecule has 122 valence electrons. The number of aliphatic hydroxyl groups excluding tert-OH is 1. The van der Waals surface area contributed by atoms with Gasteiger partial charge < -0.3 is 15.2 Å². The van der Waals surface area contributed by atoms with E-state index in [0.29, 0.717) is 12.3 Å². The van der Waals surface area contributed by atoms with Crippen molar-refractivity contribution < 1.29 is 14.6 Å². The number of carbonyl (C=O) groups excluding carboxylic acids is 1. The number of hydrogen-bond donors (Lipinski definition) is 2. The molecule has 4 heteroatoms. The third-order valence-electron chi connectivity index (χ3n) is 4.74. The monoisotopic (exact) mass is 305 g/mol. The van der Waals surface area contributed by atoms with Crippen molar-refractivity contribution in [3.8, 4) is 5.75 Å². The molecule has 1 fully saturated rings. The Morgan fingerprint density at radius 2 is 2.05 bits per heavy atom. The van der Waals surface area contributed by atoms with Crippen LogP contribution in [0.5, 0.6) is 5.75 Å². The first kappa shape index (κ1) is 16.8. The number of rotatable bonds is 8. The molecule has 22 heavy (non-hydrogen) atoms. The van der Waals surface area contributed by atoms with Crippen LogP contribution in [-0.4, -0.2) is 30.3 Å². The van der Waals surface area contributed by atoms with Crippen molar-refractivity contribution in [3.63, 3.8) is 0 Å². The molecule has 1 aliphatic rings. The predicted molar refractivity (Wildman–Crippen MR) is 87.0 cm³/mol. The summed E-state index contributed by atoms with van der Waals surface area (Å²) in [6.07, 6.45) is 3.53. The number of carbonyl (C=O) groups is 1. The zero-order chi connectivity index (χ0) is 16.2. The summed E-state index contributed by atoms with van der Waals surface area (Å²) in [4.78, 5) is 12.4. The van der Waals surface area contributed by atoms with Gasteiger partial charge in [-0.05, 0) is 55.7 Å². The maximum Gasteiger partial charge on any atom is 0.221 e. The lowest BCUT2D eigenvalue weighted by molar-refractivity contribution is -0.124. The molecule has 2 N–H and O–H groups in total. The molecule has 2 atom stereocenters. The van der Waals surface area contributed by atoms with E-state index in [9.17, 15) is 9.90 Å². The van der Waals surface area contributed by atoms with Gasteiger partial charge in [0.1, 0.15) is 5.75 Å². The van der Waals surface area contributed by atoms with Gasteiger partial charge in [0.25, 0.3) is 0 Å². The number of nitrogens with one attached hydrogen (secondary N) is 1. The second-order valence-electron chi connectivity index (χ2n) is 6.48. The van der Waals surface area contributed by atoms with Gasteiger partial charge in [0.05, 0.1) is 19.3 Å². The van der Waals surface area contributed by atoms with E-state index in [2.05, 4.69) is 12.2 Å². The SMILES string of the molecule is CCC(CC(=O)NC(C)(CO)C1CC1)c1ccc(OC)cc1. The molecular formula is C18H27NO3. The fourth-order valence-electron chi connectivity index (χ4n) is 2.96. The zero-order valence-corrected chi connectivity index (χ0v) is 13.8. The molecule has 0 bridgehead atoms. The smallest absolute Gasteiger partial charge is 0.221 e. The van der Waals surface area contributed by atoms with Crippen molar-refractivity contribution in [2.24, 2.45) is 5.92 Å². The second-order valence-corrected chi connectivity index (χ2v) is 6.48. The molecule has 0 aromatic heterocycles. The molecule has 1 saturated carbocycles. The first-order chi connectivity index (χ1) is 10.5. The van der Waals surface area contributed by atoms with Crippen LogP contribution in [0.15, 0.2) is 24.3 Å². The van der Waals surface area contributed by atoms with Gasteiger partial charge in [0, 0.05) is 6.42 Å². The van der Waals surface area contributed by atoms with Crippen LogP contribution >= 0.6 is 0 Å². The summed E-state index contributed by atoms with van der Waals surface area (Å²) >= 11 is 0. The summed E-state index contributed by atoms with van der Waals surface area (Å²) in [6.45, 7) is 4.04. The average molecular weight is 305 g/mol. The molecule has 1 amide bonds. The Kier molecular flexibility index (Phi) is 5.46. The van der Waals surface area contributed by atoms with E-state index in [-0.39, 0.29) is 18.4 Å². The van der Waals surface area contributed by atoms with E-state index in [4.69, 9.17) is 4.74 Å². The molecule has 1 aliphatic carbocycles. The highest BCUT2D eigenvalue weighted by Crippen LogP contribution is 2.39. The lowest BCUT2D eigenvalue weighted by Crippen LogP contribution is -2.51. The van der Waals surface area contributed by atoms with Crippen LogP contribution in [0.4, 0.5) is 0 Å². The molecule has 1 aromatic rings. The Morgan fingerprint density at radius 1 is 1.41 bits per heavy atom. The molecular weight excluding hydrogens is 278 g/mol. The van der Waals surface area contributed by atoms with Crippen LogP contribution in [0.2, 0.25) is 0 Å². The second kappa shape index (κ2) is 7.14. The van der Waals surface area contributed by atoms with E-state index in [0.717, 1.165) is 30.6 Å². The predicted octanol–water partition coefficient (Wildman–Crippen LogP) is 2.86. The van der Waals surface area contributed by atoms with Crippen LogP contribution in [0.25, 0.3) is 0 Å². The lowest BCUT2D eigenvalue weighted by Gasteiger charge is -2.29. The van der Waals surface area contributed by atoms with Gasteiger partial charge in [0.15, 0.2) is 0 Å². The highest BCUT2D eigenvalue weighted by Gasteiger charge is 2.42. The minimum atomic E-state index is -0.463. The maximum absolute atomic E-state index is 12.4. The Morgan fingerprint density at radius 3 is 2.50 bits per heavy atom. The molecule has 0 spiro atoms. The molecule has 0 aliphatic heterocycles. The summed E-state index contributed by atoms with van der Waals surface area (Å²) in [5.41, 5.74) is 0.686. The van der Waals surface area contributed by atoms with Gasteiger partial charge in [-0.3, -0.25) is 4.79 Å². The topological polar surface area (TPSA) is 58.6 Å². The van der Waals surface area contributed by atoms with Gasteiger partial charge in [-0.15, -0.1) is 0 Å². The number of aliphatic hydroxyl groups is 1. The first-order valence-electron chi connectivity index (χ1n) is 8.08. The number of benzene rings is 1. The van der Waals surface area contributed by atoms with Crippen LogP contribution < -0.4 is 10.1 Å². The molecule has 0 saturated heterocycles. The summed E-state index contributed by atoms with van der Waals surface area (Å²) in [5, 5.41) is 12.6. The summed E-state index contributed by atoms with van der Waals surface area (Å²) in [5.74, 6) is 1.45. The third-order valence-corrected chi connectivity index (χ3v) is 4.74. The van der Waals surface area contributed by atoms with Crippen LogP contribution in [0, 0.1) is 5.92 Å². The van der Waals surface area contributed by atoms with Crippen LogP contribution in [-0.2, 0) is 4.79 Å². The van der Waals surface area contributed by atoms with Gasteiger partial charge >= 0.3 is 0 Å². The Balaban J connectivity index is 1.97. The fraction of sp³-hybridized carbons (Fsp3) is 0.611. The standard InChI is InChI=1S/C18H27NO3/c1-4-13(14-5-9-16(22-3)10-6-14)11-17(21)19-18(2,12-20)15-7-8-15/h5-6,9-10,13,15,20H,4,7-8,11-12H2,1-3H3,(H,19,21). The van der Waals surface area contributed by atoms with E-state index in [1.807, 2.05) is 31.2 Å². The van der Waals surface area contributed by atoms with E-state index in [1.54, 1.807) is 7.11 Å². The molecule has 0 radical (unpaired) electrons. The number of hydrogen-bond acceptors (Lipinski definition) is 3. The maximum atomic E-state index is 12.4. The first-order valence-corrected chi connectivity index (χ1v) is 8.08. The number of methoxy groups -OCH3 is 1. The van der Waals surface area contributed by atoms with Gasteiger partial charge in [-0.25, -0.2) is 0 Å². The Bertz CT molecular complexity index is 496. The molecule has 2 rings (SSSR count). The Labute approximate surface area is 132 Å². The van der Waals surface area contributed by atoms with Crippen molar-refractivity contribution in [1.29, 1.82) is 0 Å². The van der Waals surface area contributed by atoms with Crippen molar-refractivity contribution in [2.45, 2.75) is 51.0 Å². The molecule has 0 heterocycles. The average Bonchev–Trinajstić information content (AvgIpc) is 3.38. The quantitative estimate of drug-likeness (QED) is 0.776. The minimum absolute atomic E-state index is 0.00271. The highest BCUT2D eigenvalue weighted by molar-refractivity contribution is 5.77. The highest BCUT2D eigenvalue weighted by atomic mass is 16.5. The largest absolute Gasteiger partial charge is 0.497 e. The zero-order valence-electron chi connectivity index (χ0n) is 13.8. The van der Waals surface area contributed by atoms with Gasteiger partial charge in [0.2, 0.25) is 5.91 Å². The van der Waals surface area contributed by atoms with Crippen molar-refractivity contribution in [2.75, 3.05) is 13.7 Å². The third kappa shape index (κ3) is 4.01. The van der Waals surface area contributed by atoms with Crippen LogP contribution in [0.1, 0.15) is 51.0 Å². The fourth-order valence-corrected chi connectivity index (χ4v) is 2.96. The van der Waals surface area contributed by atoms with Crippen molar-refractivity contribution in [1.82, 2.24) is 5.32 Å². The normalized spacial score (nSPS) is 18.4.